The zero-order valence-corrected chi connectivity index (χ0v) is 14.1. The van der Waals surface area contributed by atoms with Gasteiger partial charge in [0.05, 0.1) is 11.7 Å². The Balaban J connectivity index is 1.96. The molecule has 0 aliphatic heterocycles. The van der Waals surface area contributed by atoms with Crippen molar-refractivity contribution in [3.63, 3.8) is 0 Å². The highest BCUT2D eigenvalue weighted by Gasteiger charge is 2.40. The van der Waals surface area contributed by atoms with Gasteiger partial charge in [-0.05, 0) is 62.2 Å². The number of nitrogens with two attached hydrogens (primary N) is 1. The van der Waals surface area contributed by atoms with Crippen molar-refractivity contribution in [1.29, 1.82) is 0 Å². The van der Waals surface area contributed by atoms with Gasteiger partial charge in [-0.25, -0.2) is 0 Å². The third-order valence-corrected chi connectivity index (χ3v) is 5.73. The average molecular weight is 281 g/mol. The van der Waals surface area contributed by atoms with Crippen LogP contribution in [-0.2, 0) is 4.74 Å². The Kier molecular flexibility index (Phi) is 5.18. The molecule has 2 N–H and O–H groups in total. The molecule has 2 saturated carbocycles. The standard InChI is InChI=1S/C18H35NO/c1-5-15-6-8-18(13-19,9-7-15)20-16-10-14(2)11-17(3,4)12-16/h14-16H,5-13,19H2,1-4H3. The predicted molar refractivity (Wildman–Crippen MR) is 85.7 cm³/mol. The molecular formula is C18H35NO. The maximum absolute atomic E-state index is 6.64. The minimum absolute atomic E-state index is 0.0104. The van der Waals surface area contributed by atoms with E-state index < -0.39 is 0 Å². The first-order chi connectivity index (χ1) is 9.38. The van der Waals surface area contributed by atoms with Crippen molar-refractivity contribution in [3.8, 4) is 0 Å². The van der Waals surface area contributed by atoms with E-state index in [1.54, 1.807) is 0 Å². The Morgan fingerprint density at radius 2 is 1.80 bits per heavy atom. The number of hydrogen-bond acceptors (Lipinski definition) is 2. The first kappa shape index (κ1) is 16.3. The van der Waals surface area contributed by atoms with Gasteiger partial charge in [0.2, 0.25) is 0 Å². The summed E-state index contributed by atoms with van der Waals surface area (Å²) in [7, 11) is 0. The van der Waals surface area contributed by atoms with Crippen molar-refractivity contribution >= 4 is 0 Å². The average Bonchev–Trinajstić information content (AvgIpc) is 2.37. The monoisotopic (exact) mass is 281 g/mol. The molecule has 0 aromatic heterocycles. The molecule has 2 atom stereocenters. The Labute approximate surface area is 125 Å². The van der Waals surface area contributed by atoms with E-state index in [1.165, 1.54) is 51.4 Å². The molecule has 0 spiro atoms. The van der Waals surface area contributed by atoms with Crippen LogP contribution in [0.25, 0.3) is 0 Å². The van der Waals surface area contributed by atoms with Crippen LogP contribution in [0, 0.1) is 17.3 Å². The van der Waals surface area contributed by atoms with E-state index in [-0.39, 0.29) is 5.60 Å². The largest absolute Gasteiger partial charge is 0.370 e. The molecule has 0 aromatic carbocycles. The fourth-order valence-electron chi connectivity index (χ4n) is 4.68. The minimum atomic E-state index is -0.0104. The van der Waals surface area contributed by atoms with Crippen molar-refractivity contribution in [1.82, 2.24) is 0 Å². The van der Waals surface area contributed by atoms with Gasteiger partial charge >= 0.3 is 0 Å². The topological polar surface area (TPSA) is 35.2 Å². The lowest BCUT2D eigenvalue weighted by molar-refractivity contribution is -0.141. The van der Waals surface area contributed by atoms with E-state index in [4.69, 9.17) is 10.5 Å². The van der Waals surface area contributed by atoms with E-state index in [1.807, 2.05) is 0 Å². The first-order valence-electron chi connectivity index (χ1n) is 8.76. The fourth-order valence-corrected chi connectivity index (χ4v) is 4.68. The molecule has 0 saturated heterocycles. The molecule has 2 nitrogen and oxygen atoms in total. The highest BCUT2D eigenvalue weighted by atomic mass is 16.5. The molecule has 2 aliphatic carbocycles. The molecule has 2 rings (SSSR count). The summed E-state index contributed by atoms with van der Waals surface area (Å²) in [6, 6.07) is 0. The van der Waals surface area contributed by atoms with Crippen LogP contribution in [0.5, 0.6) is 0 Å². The van der Waals surface area contributed by atoms with E-state index >= 15 is 0 Å². The van der Waals surface area contributed by atoms with Gasteiger partial charge < -0.3 is 10.5 Å². The maximum atomic E-state index is 6.64. The highest BCUT2D eigenvalue weighted by Crippen LogP contribution is 2.43. The Bertz CT molecular complexity index is 305. The highest BCUT2D eigenvalue weighted by molar-refractivity contribution is 4.91. The van der Waals surface area contributed by atoms with E-state index in [2.05, 4.69) is 27.7 Å². The normalized spacial score (nSPS) is 41.5. The summed E-state index contributed by atoms with van der Waals surface area (Å²) < 4.78 is 6.64. The van der Waals surface area contributed by atoms with Gasteiger partial charge in [-0.2, -0.15) is 0 Å². The summed E-state index contributed by atoms with van der Waals surface area (Å²) in [6.45, 7) is 10.2. The Morgan fingerprint density at radius 3 is 2.30 bits per heavy atom. The van der Waals surface area contributed by atoms with Crippen LogP contribution in [0.4, 0.5) is 0 Å². The van der Waals surface area contributed by atoms with Gasteiger partial charge in [0, 0.05) is 6.54 Å². The fraction of sp³-hybridized carbons (Fsp3) is 1.00. The van der Waals surface area contributed by atoms with Crippen LogP contribution in [0.1, 0.15) is 79.1 Å². The molecule has 0 aromatic rings. The van der Waals surface area contributed by atoms with Crippen molar-refractivity contribution in [2.75, 3.05) is 6.54 Å². The van der Waals surface area contributed by atoms with Crippen molar-refractivity contribution in [2.45, 2.75) is 90.8 Å². The third-order valence-electron chi connectivity index (χ3n) is 5.73. The van der Waals surface area contributed by atoms with Gasteiger partial charge in [-0.15, -0.1) is 0 Å². The van der Waals surface area contributed by atoms with Crippen molar-refractivity contribution in [3.05, 3.63) is 0 Å². The summed E-state index contributed by atoms with van der Waals surface area (Å²) in [5.74, 6) is 1.69. The molecule has 0 amide bonds. The molecular weight excluding hydrogens is 246 g/mol. The third kappa shape index (κ3) is 3.98. The van der Waals surface area contributed by atoms with Crippen LogP contribution in [0.2, 0.25) is 0 Å². The van der Waals surface area contributed by atoms with Crippen LogP contribution >= 0.6 is 0 Å². The maximum Gasteiger partial charge on any atom is 0.0808 e. The molecule has 2 fully saturated rings. The summed E-state index contributed by atoms with van der Waals surface area (Å²) in [6.07, 6.45) is 10.5. The lowest BCUT2D eigenvalue weighted by Crippen LogP contribution is -2.48. The second-order valence-corrected chi connectivity index (χ2v) is 8.39. The van der Waals surface area contributed by atoms with Gasteiger partial charge in [0.1, 0.15) is 0 Å². The van der Waals surface area contributed by atoms with Crippen LogP contribution in [0.3, 0.4) is 0 Å². The summed E-state index contributed by atoms with van der Waals surface area (Å²) in [5.41, 5.74) is 6.54. The van der Waals surface area contributed by atoms with E-state index in [9.17, 15) is 0 Å². The van der Waals surface area contributed by atoms with Crippen molar-refractivity contribution < 1.29 is 4.74 Å². The van der Waals surface area contributed by atoms with Gasteiger partial charge in [-0.1, -0.05) is 34.1 Å². The quantitative estimate of drug-likeness (QED) is 0.822. The Morgan fingerprint density at radius 1 is 1.15 bits per heavy atom. The van der Waals surface area contributed by atoms with Crippen molar-refractivity contribution in [2.24, 2.45) is 23.0 Å². The molecule has 0 bridgehead atoms. The smallest absolute Gasteiger partial charge is 0.0808 e. The number of ether oxygens (including phenoxy) is 1. The first-order valence-corrected chi connectivity index (χ1v) is 8.76. The predicted octanol–water partition coefficient (Wildman–Crippen LogP) is 4.52. The number of hydrogen-bond donors (Lipinski definition) is 1. The number of rotatable bonds is 4. The minimum Gasteiger partial charge on any atom is -0.370 e. The lowest BCUT2D eigenvalue weighted by Gasteiger charge is -2.46. The molecule has 0 heterocycles. The summed E-state index contributed by atoms with van der Waals surface area (Å²) in [4.78, 5) is 0. The lowest BCUT2D eigenvalue weighted by atomic mass is 9.71. The molecule has 118 valence electrons. The molecule has 2 aliphatic rings. The molecule has 2 unspecified atom stereocenters. The van der Waals surface area contributed by atoms with E-state index in [0.29, 0.717) is 18.1 Å². The molecule has 2 heteroatoms. The molecule has 0 radical (unpaired) electrons. The summed E-state index contributed by atoms with van der Waals surface area (Å²) in [5, 5.41) is 0. The van der Waals surface area contributed by atoms with Gasteiger partial charge in [0.25, 0.3) is 0 Å². The zero-order chi connectivity index (χ0) is 14.8. The second-order valence-electron chi connectivity index (χ2n) is 8.39. The van der Waals surface area contributed by atoms with E-state index in [0.717, 1.165) is 11.8 Å². The Hall–Kier alpha value is -0.0800. The second kappa shape index (κ2) is 6.36. The molecule has 20 heavy (non-hydrogen) atoms. The zero-order valence-electron chi connectivity index (χ0n) is 14.1. The van der Waals surface area contributed by atoms with Crippen LogP contribution in [-0.4, -0.2) is 18.2 Å². The van der Waals surface area contributed by atoms with Crippen LogP contribution in [0.15, 0.2) is 0 Å². The van der Waals surface area contributed by atoms with Gasteiger partial charge in [0.15, 0.2) is 0 Å². The summed E-state index contributed by atoms with van der Waals surface area (Å²) >= 11 is 0. The van der Waals surface area contributed by atoms with Crippen LogP contribution < -0.4 is 5.73 Å². The van der Waals surface area contributed by atoms with Gasteiger partial charge in [-0.3, -0.25) is 0 Å². The SMILES string of the molecule is CCC1CCC(CN)(OC2CC(C)CC(C)(C)C2)CC1.